The van der Waals surface area contributed by atoms with Crippen LogP contribution in [0.3, 0.4) is 0 Å². The number of hydrogen-bond donors (Lipinski definition) is 2. The van der Waals surface area contributed by atoms with Crippen LogP contribution in [-0.4, -0.2) is 17.3 Å². The van der Waals surface area contributed by atoms with Crippen molar-refractivity contribution in [3.63, 3.8) is 0 Å². The van der Waals surface area contributed by atoms with Crippen LogP contribution in [0.4, 0.5) is 0 Å². The third-order valence-corrected chi connectivity index (χ3v) is 4.40. The molecule has 2 nitrogen and oxygen atoms in total. The van der Waals surface area contributed by atoms with Crippen LogP contribution in [0.15, 0.2) is 24.3 Å². The summed E-state index contributed by atoms with van der Waals surface area (Å²) in [4.78, 5) is 0. The minimum absolute atomic E-state index is 0.200. The summed E-state index contributed by atoms with van der Waals surface area (Å²) in [5.41, 5.74) is 8.21. The molecule has 0 bridgehead atoms. The minimum atomic E-state index is -0.641. The van der Waals surface area contributed by atoms with Gasteiger partial charge in [-0.05, 0) is 37.8 Å². The molecular weight excluding hydrogens is 234 g/mol. The molecule has 3 N–H and O–H groups in total. The fourth-order valence-electron chi connectivity index (χ4n) is 3.31. The highest BCUT2D eigenvalue weighted by atomic mass is 16.3. The first kappa shape index (κ1) is 14.5. The Bertz CT molecular complexity index is 396. The molecule has 1 aliphatic rings. The van der Waals surface area contributed by atoms with E-state index >= 15 is 0 Å². The SMILES string of the molecule is CC(C)(O)Cc1ccc(C2(CN)CCCCC2)cc1. The van der Waals surface area contributed by atoms with E-state index in [9.17, 15) is 5.11 Å². The van der Waals surface area contributed by atoms with E-state index in [4.69, 9.17) is 5.73 Å². The van der Waals surface area contributed by atoms with Gasteiger partial charge in [-0.1, -0.05) is 43.5 Å². The lowest BCUT2D eigenvalue weighted by molar-refractivity contribution is 0.0810. The second-order valence-corrected chi connectivity index (χ2v) is 6.73. The summed E-state index contributed by atoms with van der Waals surface area (Å²) in [7, 11) is 0. The van der Waals surface area contributed by atoms with Crippen LogP contribution < -0.4 is 5.73 Å². The molecular formula is C17H27NO. The molecule has 19 heavy (non-hydrogen) atoms. The first-order valence-corrected chi connectivity index (χ1v) is 7.47. The molecule has 2 heteroatoms. The predicted octanol–water partition coefficient (Wildman–Crippen LogP) is 3.16. The van der Waals surface area contributed by atoms with Gasteiger partial charge in [0.2, 0.25) is 0 Å². The Morgan fingerprint density at radius 2 is 1.68 bits per heavy atom. The van der Waals surface area contributed by atoms with E-state index < -0.39 is 5.60 Å². The molecule has 106 valence electrons. The van der Waals surface area contributed by atoms with Gasteiger partial charge in [0.05, 0.1) is 5.60 Å². The highest BCUT2D eigenvalue weighted by molar-refractivity contribution is 5.31. The molecule has 0 atom stereocenters. The highest BCUT2D eigenvalue weighted by Crippen LogP contribution is 2.38. The summed E-state index contributed by atoms with van der Waals surface area (Å²) in [5.74, 6) is 0. The Hall–Kier alpha value is -0.860. The summed E-state index contributed by atoms with van der Waals surface area (Å²) in [5, 5.41) is 9.87. The van der Waals surface area contributed by atoms with Crippen molar-refractivity contribution in [1.82, 2.24) is 0 Å². The maximum atomic E-state index is 9.87. The summed E-state index contributed by atoms with van der Waals surface area (Å²) >= 11 is 0. The van der Waals surface area contributed by atoms with E-state index in [0.717, 1.165) is 6.54 Å². The van der Waals surface area contributed by atoms with Crippen molar-refractivity contribution in [3.8, 4) is 0 Å². The summed E-state index contributed by atoms with van der Waals surface area (Å²) < 4.78 is 0. The standard InChI is InChI=1S/C17H27NO/c1-16(2,19)12-14-6-8-15(9-7-14)17(13-18)10-4-3-5-11-17/h6-9,19H,3-5,10-13,18H2,1-2H3. The number of benzene rings is 1. The van der Waals surface area contributed by atoms with E-state index in [0.29, 0.717) is 6.42 Å². The molecule has 1 fully saturated rings. The molecule has 2 rings (SSSR count). The van der Waals surface area contributed by atoms with Crippen molar-refractivity contribution in [3.05, 3.63) is 35.4 Å². The van der Waals surface area contributed by atoms with E-state index in [-0.39, 0.29) is 5.41 Å². The Kier molecular flexibility index (Phi) is 4.32. The molecule has 0 aromatic heterocycles. The van der Waals surface area contributed by atoms with Gasteiger partial charge < -0.3 is 10.8 Å². The molecule has 1 aromatic carbocycles. The predicted molar refractivity (Wildman–Crippen MR) is 80.3 cm³/mol. The molecule has 0 saturated heterocycles. The molecule has 0 aliphatic heterocycles. The van der Waals surface area contributed by atoms with Gasteiger partial charge >= 0.3 is 0 Å². The van der Waals surface area contributed by atoms with Crippen molar-refractivity contribution < 1.29 is 5.11 Å². The van der Waals surface area contributed by atoms with Crippen LogP contribution in [0.2, 0.25) is 0 Å². The third kappa shape index (κ3) is 3.58. The van der Waals surface area contributed by atoms with Gasteiger partial charge in [0.25, 0.3) is 0 Å². The minimum Gasteiger partial charge on any atom is -0.390 e. The molecule has 0 unspecified atom stereocenters. The van der Waals surface area contributed by atoms with Crippen molar-refractivity contribution in [2.75, 3.05) is 6.54 Å². The molecule has 0 spiro atoms. The number of rotatable bonds is 4. The smallest absolute Gasteiger partial charge is 0.0631 e. The second-order valence-electron chi connectivity index (χ2n) is 6.73. The zero-order valence-electron chi connectivity index (χ0n) is 12.3. The Balaban J connectivity index is 2.16. The van der Waals surface area contributed by atoms with E-state index in [1.807, 2.05) is 13.8 Å². The van der Waals surface area contributed by atoms with Gasteiger partial charge in [0.1, 0.15) is 0 Å². The van der Waals surface area contributed by atoms with Crippen LogP contribution >= 0.6 is 0 Å². The Morgan fingerprint density at radius 3 is 2.16 bits per heavy atom. The van der Waals surface area contributed by atoms with Gasteiger partial charge in [-0.3, -0.25) is 0 Å². The quantitative estimate of drug-likeness (QED) is 0.874. The Labute approximate surface area is 117 Å². The number of hydrogen-bond acceptors (Lipinski definition) is 2. The molecule has 0 radical (unpaired) electrons. The van der Waals surface area contributed by atoms with Gasteiger partial charge in [-0.15, -0.1) is 0 Å². The van der Waals surface area contributed by atoms with Crippen molar-refractivity contribution in [2.24, 2.45) is 5.73 Å². The average Bonchev–Trinajstić information content (AvgIpc) is 2.38. The average molecular weight is 261 g/mol. The van der Waals surface area contributed by atoms with Crippen molar-refractivity contribution >= 4 is 0 Å². The first-order valence-electron chi connectivity index (χ1n) is 7.47. The van der Waals surface area contributed by atoms with Crippen LogP contribution in [0.1, 0.15) is 57.1 Å². The normalized spacial score (nSPS) is 19.4. The van der Waals surface area contributed by atoms with Crippen LogP contribution in [-0.2, 0) is 11.8 Å². The Morgan fingerprint density at radius 1 is 1.11 bits per heavy atom. The summed E-state index contributed by atoms with van der Waals surface area (Å²) in [6.07, 6.45) is 7.06. The fraction of sp³-hybridized carbons (Fsp3) is 0.647. The lowest BCUT2D eigenvalue weighted by Gasteiger charge is -2.37. The topological polar surface area (TPSA) is 46.2 Å². The van der Waals surface area contributed by atoms with E-state index in [1.54, 1.807) is 0 Å². The zero-order chi connectivity index (χ0) is 13.9. The van der Waals surface area contributed by atoms with Gasteiger partial charge in [-0.25, -0.2) is 0 Å². The second kappa shape index (κ2) is 5.64. The maximum Gasteiger partial charge on any atom is 0.0631 e. The van der Waals surface area contributed by atoms with Gasteiger partial charge in [-0.2, -0.15) is 0 Å². The molecule has 0 heterocycles. The number of aliphatic hydroxyl groups is 1. The lowest BCUT2D eigenvalue weighted by atomic mass is 9.69. The highest BCUT2D eigenvalue weighted by Gasteiger charge is 2.32. The largest absolute Gasteiger partial charge is 0.390 e. The van der Waals surface area contributed by atoms with Crippen LogP contribution in [0.5, 0.6) is 0 Å². The van der Waals surface area contributed by atoms with Crippen molar-refractivity contribution in [1.29, 1.82) is 0 Å². The van der Waals surface area contributed by atoms with Gasteiger partial charge in [0.15, 0.2) is 0 Å². The first-order chi connectivity index (χ1) is 8.95. The van der Waals surface area contributed by atoms with Crippen LogP contribution in [0.25, 0.3) is 0 Å². The lowest BCUT2D eigenvalue weighted by Crippen LogP contribution is -2.37. The van der Waals surface area contributed by atoms with Gasteiger partial charge in [0, 0.05) is 18.4 Å². The molecule has 0 amide bonds. The molecule has 1 saturated carbocycles. The number of nitrogens with two attached hydrogens (primary N) is 1. The van der Waals surface area contributed by atoms with E-state index in [1.165, 1.54) is 43.2 Å². The third-order valence-electron chi connectivity index (χ3n) is 4.40. The molecule has 1 aromatic rings. The zero-order valence-corrected chi connectivity index (χ0v) is 12.3. The summed E-state index contributed by atoms with van der Waals surface area (Å²) in [6, 6.07) is 8.75. The van der Waals surface area contributed by atoms with E-state index in [2.05, 4.69) is 24.3 Å². The molecule has 1 aliphatic carbocycles. The van der Waals surface area contributed by atoms with Crippen LogP contribution in [0, 0.1) is 0 Å². The van der Waals surface area contributed by atoms with Crippen molar-refractivity contribution in [2.45, 2.75) is 63.4 Å². The monoisotopic (exact) mass is 261 g/mol. The summed E-state index contributed by atoms with van der Waals surface area (Å²) in [6.45, 7) is 4.45. The maximum absolute atomic E-state index is 9.87. The fourth-order valence-corrected chi connectivity index (χ4v) is 3.31.